The van der Waals surface area contributed by atoms with Crippen LogP contribution in [0.4, 0.5) is 11.4 Å². The highest BCUT2D eigenvalue weighted by atomic mass is 16.5. The first kappa shape index (κ1) is 24.8. The molecule has 1 fully saturated rings. The lowest BCUT2D eigenvalue weighted by atomic mass is 10.0. The Hall–Kier alpha value is -3.84. The number of anilines is 2. The maximum Gasteiger partial charge on any atom is 0.258 e. The number of benzene rings is 3. The molecular formula is C30H34N4O3. The number of hydrogen-bond donors (Lipinski definition) is 1. The Kier molecular flexibility index (Phi) is 7.15. The topological polar surface area (TPSA) is 79.1 Å². The smallest absolute Gasteiger partial charge is 0.258 e. The van der Waals surface area contributed by atoms with Crippen molar-refractivity contribution in [1.29, 1.82) is 0 Å². The Bertz CT molecular complexity index is 1280. The van der Waals surface area contributed by atoms with Gasteiger partial charge < -0.3 is 20.3 Å². The lowest BCUT2D eigenvalue weighted by molar-refractivity contribution is -0.119. The normalized spacial score (nSPS) is 17.6. The van der Waals surface area contributed by atoms with Crippen LogP contribution < -0.4 is 20.3 Å². The molecule has 1 atom stereocenters. The molecule has 7 nitrogen and oxygen atoms in total. The summed E-state index contributed by atoms with van der Waals surface area (Å²) in [7, 11) is 0. The minimum absolute atomic E-state index is 0.107. The van der Waals surface area contributed by atoms with Crippen LogP contribution in [0.2, 0.25) is 0 Å². The highest BCUT2D eigenvalue weighted by Crippen LogP contribution is 2.37. The number of nitrogens with zero attached hydrogens (tertiary/aromatic N) is 3. The Morgan fingerprint density at radius 1 is 0.919 bits per heavy atom. The van der Waals surface area contributed by atoms with Crippen molar-refractivity contribution in [3.63, 3.8) is 0 Å². The molecule has 0 aliphatic carbocycles. The van der Waals surface area contributed by atoms with Crippen LogP contribution in [0.5, 0.6) is 5.75 Å². The molecule has 0 spiro atoms. The van der Waals surface area contributed by atoms with Crippen LogP contribution >= 0.6 is 0 Å². The molecule has 37 heavy (non-hydrogen) atoms. The molecule has 0 radical (unpaired) electrons. The molecule has 3 aromatic carbocycles. The minimum Gasteiger partial charge on any atom is -0.489 e. The second-order valence-corrected chi connectivity index (χ2v) is 10.0. The Morgan fingerprint density at radius 2 is 1.62 bits per heavy atom. The fourth-order valence-electron chi connectivity index (χ4n) is 5.28. The molecule has 2 aliphatic rings. The van der Waals surface area contributed by atoms with Crippen LogP contribution in [0.15, 0.2) is 72.8 Å². The quantitative estimate of drug-likeness (QED) is 0.532. The van der Waals surface area contributed by atoms with Gasteiger partial charge in [0.1, 0.15) is 5.75 Å². The summed E-state index contributed by atoms with van der Waals surface area (Å²) in [5.74, 6) is -0.0615. The molecule has 0 saturated carbocycles. The van der Waals surface area contributed by atoms with Crippen LogP contribution in [0.25, 0.3) is 0 Å². The van der Waals surface area contributed by atoms with Gasteiger partial charge >= 0.3 is 0 Å². The van der Waals surface area contributed by atoms with E-state index in [-0.39, 0.29) is 18.6 Å². The zero-order valence-corrected chi connectivity index (χ0v) is 21.5. The zero-order valence-electron chi connectivity index (χ0n) is 21.5. The van der Waals surface area contributed by atoms with Crippen molar-refractivity contribution in [2.45, 2.75) is 32.4 Å². The number of rotatable bonds is 7. The zero-order chi connectivity index (χ0) is 25.9. The molecule has 7 heteroatoms. The molecule has 1 unspecified atom stereocenters. The number of carbonyl (C=O) groups is 2. The number of piperazine rings is 1. The summed E-state index contributed by atoms with van der Waals surface area (Å²) in [4.78, 5) is 31.9. The maximum atomic E-state index is 13.5. The molecular weight excluding hydrogens is 464 g/mol. The predicted octanol–water partition coefficient (Wildman–Crippen LogP) is 4.03. The third-order valence-electron chi connectivity index (χ3n) is 7.08. The monoisotopic (exact) mass is 498 g/mol. The summed E-state index contributed by atoms with van der Waals surface area (Å²) < 4.78 is 6.02. The van der Waals surface area contributed by atoms with Gasteiger partial charge in [0.05, 0.1) is 17.7 Å². The summed E-state index contributed by atoms with van der Waals surface area (Å²) in [5, 5.41) is 0. The number of ether oxygens (including phenoxy) is 1. The van der Waals surface area contributed by atoms with Gasteiger partial charge in [0, 0.05) is 50.5 Å². The molecule has 5 rings (SSSR count). The van der Waals surface area contributed by atoms with Gasteiger partial charge in [-0.05, 0) is 55.3 Å². The first-order chi connectivity index (χ1) is 17.9. The number of nitrogens with two attached hydrogens (primary N) is 1. The van der Waals surface area contributed by atoms with E-state index in [2.05, 4.69) is 28.0 Å². The average molecular weight is 499 g/mol. The van der Waals surface area contributed by atoms with Crippen molar-refractivity contribution in [3.8, 4) is 5.75 Å². The lowest BCUT2D eigenvalue weighted by Gasteiger charge is -2.37. The van der Waals surface area contributed by atoms with Crippen LogP contribution in [0.1, 0.15) is 41.3 Å². The second-order valence-electron chi connectivity index (χ2n) is 10.0. The molecule has 2 aliphatic heterocycles. The Labute approximate surface area is 218 Å². The molecule has 3 aromatic rings. The molecule has 2 amide bonds. The molecule has 0 bridgehead atoms. The van der Waals surface area contributed by atoms with Gasteiger partial charge in [-0.3, -0.25) is 14.5 Å². The number of primary amides is 1. The summed E-state index contributed by atoms with van der Waals surface area (Å²) >= 11 is 0. The van der Waals surface area contributed by atoms with E-state index in [1.54, 1.807) is 4.90 Å². The van der Waals surface area contributed by atoms with Crippen molar-refractivity contribution < 1.29 is 14.3 Å². The lowest BCUT2D eigenvalue weighted by Crippen LogP contribution is -2.46. The van der Waals surface area contributed by atoms with E-state index in [0.29, 0.717) is 5.56 Å². The molecule has 1 saturated heterocycles. The van der Waals surface area contributed by atoms with Gasteiger partial charge in [0.25, 0.3) is 5.91 Å². The Balaban J connectivity index is 1.24. The van der Waals surface area contributed by atoms with E-state index in [0.717, 1.165) is 61.0 Å². The SMILES string of the molecule is CC(C)Oc1ccccc1N1CCN(Cc2cccc(C(=O)N3CC(C(N)=O)c4ccccc43)c2)CC1. The first-order valence-electron chi connectivity index (χ1n) is 12.9. The van der Waals surface area contributed by atoms with Crippen molar-refractivity contribution in [3.05, 3.63) is 89.5 Å². The summed E-state index contributed by atoms with van der Waals surface area (Å²) in [6, 6.07) is 23.6. The standard InChI is InChI=1S/C30H34N4O3/c1-21(2)37-28-13-6-5-12-27(28)33-16-14-32(15-17-33)19-22-8-7-9-23(18-22)30(36)34-20-25(29(31)35)24-10-3-4-11-26(24)34/h3-13,18,21,25H,14-17,19-20H2,1-2H3,(H2,31,35). The van der Waals surface area contributed by atoms with Gasteiger partial charge in [-0.2, -0.15) is 0 Å². The average Bonchev–Trinajstić information content (AvgIpc) is 3.29. The third-order valence-corrected chi connectivity index (χ3v) is 7.08. The van der Waals surface area contributed by atoms with E-state index in [1.807, 2.05) is 68.4 Å². The van der Waals surface area contributed by atoms with E-state index in [1.165, 1.54) is 0 Å². The number of para-hydroxylation sites is 3. The number of hydrogen-bond acceptors (Lipinski definition) is 5. The fourth-order valence-corrected chi connectivity index (χ4v) is 5.28. The highest BCUT2D eigenvalue weighted by Gasteiger charge is 2.35. The molecule has 2 N–H and O–H groups in total. The van der Waals surface area contributed by atoms with Crippen molar-refractivity contribution in [2.24, 2.45) is 5.73 Å². The van der Waals surface area contributed by atoms with Crippen LogP contribution in [-0.2, 0) is 11.3 Å². The molecule has 2 heterocycles. The van der Waals surface area contributed by atoms with Gasteiger partial charge in [0.2, 0.25) is 5.91 Å². The van der Waals surface area contributed by atoms with E-state index >= 15 is 0 Å². The highest BCUT2D eigenvalue weighted by molar-refractivity contribution is 6.09. The van der Waals surface area contributed by atoms with Gasteiger partial charge in [-0.25, -0.2) is 0 Å². The largest absolute Gasteiger partial charge is 0.489 e. The second kappa shape index (κ2) is 10.6. The minimum atomic E-state index is -0.476. The fraction of sp³-hybridized carbons (Fsp3) is 0.333. The van der Waals surface area contributed by atoms with Crippen LogP contribution in [-0.4, -0.2) is 55.5 Å². The molecule has 0 aromatic heterocycles. The summed E-state index contributed by atoms with van der Waals surface area (Å²) in [6.07, 6.45) is 0.133. The van der Waals surface area contributed by atoms with E-state index in [9.17, 15) is 9.59 Å². The van der Waals surface area contributed by atoms with Crippen molar-refractivity contribution >= 4 is 23.2 Å². The van der Waals surface area contributed by atoms with Gasteiger partial charge in [-0.1, -0.05) is 42.5 Å². The van der Waals surface area contributed by atoms with E-state index in [4.69, 9.17) is 10.5 Å². The van der Waals surface area contributed by atoms with Gasteiger partial charge in [0.15, 0.2) is 0 Å². The maximum absolute atomic E-state index is 13.5. The van der Waals surface area contributed by atoms with E-state index < -0.39 is 11.8 Å². The number of amides is 2. The molecule has 192 valence electrons. The van der Waals surface area contributed by atoms with Crippen LogP contribution in [0.3, 0.4) is 0 Å². The van der Waals surface area contributed by atoms with Gasteiger partial charge in [-0.15, -0.1) is 0 Å². The third kappa shape index (κ3) is 5.32. The van der Waals surface area contributed by atoms with Crippen molar-refractivity contribution in [1.82, 2.24) is 4.90 Å². The number of fused-ring (bicyclic) bond motifs is 1. The first-order valence-corrected chi connectivity index (χ1v) is 12.9. The predicted molar refractivity (Wildman–Crippen MR) is 146 cm³/mol. The van der Waals surface area contributed by atoms with Crippen LogP contribution in [0, 0.1) is 0 Å². The summed E-state index contributed by atoms with van der Waals surface area (Å²) in [5.41, 5.74) is 10.1. The van der Waals surface area contributed by atoms with Crippen molar-refractivity contribution in [2.75, 3.05) is 42.5 Å². The summed E-state index contributed by atoms with van der Waals surface area (Å²) in [6.45, 7) is 8.83. The number of carbonyl (C=O) groups excluding carboxylic acids is 2. The Morgan fingerprint density at radius 3 is 2.35 bits per heavy atom.